The molecule has 0 fully saturated rings. The van der Waals surface area contributed by atoms with E-state index in [4.69, 9.17) is 23.4 Å². The maximum Gasteiger partial charge on any atom is 0.203 e. The smallest absolute Gasteiger partial charge is 0.203 e. The molecule has 1 heterocycles. The molecule has 0 bridgehead atoms. The number of furan rings is 1. The Labute approximate surface area is 154 Å². The van der Waals surface area contributed by atoms with Crippen LogP contribution in [-0.2, 0) is 17.9 Å². The van der Waals surface area contributed by atoms with Gasteiger partial charge in [-0.1, -0.05) is 0 Å². The number of hydrogen-bond donors (Lipinski definition) is 1. The van der Waals surface area contributed by atoms with Crippen LogP contribution in [0.15, 0.2) is 34.9 Å². The van der Waals surface area contributed by atoms with Gasteiger partial charge in [-0.15, -0.1) is 0 Å². The molecule has 0 amide bonds. The second kappa shape index (κ2) is 10.1. The molecule has 1 aromatic carbocycles. The molecule has 0 saturated carbocycles. The zero-order valence-corrected chi connectivity index (χ0v) is 15.7. The monoisotopic (exact) mass is 365 g/mol. The van der Waals surface area contributed by atoms with Crippen LogP contribution in [0.4, 0.5) is 0 Å². The highest BCUT2D eigenvalue weighted by atomic mass is 16.5. The SMILES string of the molecule is COc1cc(CN(C)CC(O)COCc2ccco2)cc(OC)c1OC. The first-order valence-corrected chi connectivity index (χ1v) is 8.33. The molecule has 1 atom stereocenters. The quantitative estimate of drug-likeness (QED) is 0.655. The number of aliphatic hydroxyl groups is 1. The van der Waals surface area contributed by atoms with Gasteiger partial charge in [0.1, 0.15) is 12.4 Å². The van der Waals surface area contributed by atoms with Crippen LogP contribution in [0.2, 0.25) is 0 Å². The molecule has 0 aliphatic heterocycles. The van der Waals surface area contributed by atoms with E-state index >= 15 is 0 Å². The van der Waals surface area contributed by atoms with E-state index in [2.05, 4.69) is 0 Å². The van der Waals surface area contributed by atoms with Crippen LogP contribution in [0.1, 0.15) is 11.3 Å². The number of benzene rings is 1. The topological polar surface area (TPSA) is 73.5 Å². The van der Waals surface area contributed by atoms with Crippen molar-refractivity contribution in [2.75, 3.05) is 41.5 Å². The summed E-state index contributed by atoms with van der Waals surface area (Å²) in [5.74, 6) is 2.52. The second-order valence-electron chi connectivity index (χ2n) is 5.98. The first kappa shape index (κ1) is 20.1. The second-order valence-corrected chi connectivity index (χ2v) is 5.98. The number of nitrogens with zero attached hydrogens (tertiary/aromatic N) is 1. The van der Waals surface area contributed by atoms with Crippen molar-refractivity contribution in [3.63, 3.8) is 0 Å². The normalized spacial score (nSPS) is 12.2. The summed E-state index contributed by atoms with van der Waals surface area (Å²) in [6.07, 6.45) is 0.998. The molecule has 7 heteroatoms. The average Bonchev–Trinajstić information content (AvgIpc) is 3.14. The lowest BCUT2D eigenvalue weighted by Gasteiger charge is -2.21. The molecule has 144 valence electrons. The van der Waals surface area contributed by atoms with E-state index in [1.807, 2.05) is 30.1 Å². The van der Waals surface area contributed by atoms with Gasteiger partial charge in [0.05, 0.1) is 40.3 Å². The predicted molar refractivity (Wildman–Crippen MR) is 96.8 cm³/mol. The van der Waals surface area contributed by atoms with E-state index in [0.717, 1.165) is 11.3 Å². The Hall–Kier alpha value is -2.22. The van der Waals surface area contributed by atoms with E-state index in [-0.39, 0.29) is 6.61 Å². The van der Waals surface area contributed by atoms with Crippen molar-refractivity contribution in [1.82, 2.24) is 4.90 Å². The zero-order chi connectivity index (χ0) is 18.9. The van der Waals surface area contributed by atoms with Gasteiger partial charge in [0, 0.05) is 13.1 Å². The Balaban J connectivity index is 1.87. The van der Waals surface area contributed by atoms with Gasteiger partial charge in [-0.2, -0.15) is 0 Å². The van der Waals surface area contributed by atoms with Crippen molar-refractivity contribution >= 4 is 0 Å². The average molecular weight is 365 g/mol. The maximum absolute atomic E-state index is 10.1. The van der Waals surface area contributed by atoms with Gasteiger partial charge in [-0.25, -0.2) is 0 Å². The van der Waals surface area contributed by atoms with E-state index in [9.17, 15) is 5.11 Å². The highest BCUT2D eigenvalue weighted by Crippen LogP contribution is 2.38. The fraction of sp³-hybridized carbons (Fsp3) is 0.474. The number of rotatable bonds is 11. The highest BCUT2D eigenvalue weighted by Gasteiger charge is 2.15. The summed E-state index contributed by atoms with van der Waals surface area (Å²) in [4.78, 5) is 2.00. The largest absolute Gasteiger partial charge is 0.493 e. The third-order valence-corrected chi connectivity index (χ3v) is 3.83. The van der Waals surface area contributed by atoms with Crippen molar-refractivity contribution < 1.29 is 28.5 Å². The molecule has 0 radical (unpaired) electrons. The van der Waals surface area contributed by atoms with Crippen molar-refractivity contribution in [3.8, 4) is 17.2 Å². The third kappa shape index (κ3) is 5.66. The van der Waals surface area contributed by atoms with Crippen LogP contribution in [0, 0.1) is 0 Å². The van der Waals surface area contributed by atoms with E-state index in [1.165, 1.54) is 0 Å². The summed E-state index contributed by atoms with van der Waals surface area (Å²) in [6, 6.07) is 7.44. The number of likely N-dealkylation sites (N-methyl/N-ethyl adjacent to an activating group) is 1. The van der Waals surface area contributed by atoms with Crippen LogP contribution in [0.3, 0.4) is 0 Å². The first-order valence-electron chi connectivity index (χ1n) is 8.33. The molecular weight excluding hydrogens is 338 g/mol. The summed E-state index contributed by atoms with van der Waals surface area (Å²) < 4.78 is 26.7. The fourth-order valence-corrected chi connectivity index (χ4v) is 2.71. The molecule has 1 unspecified atom stereocenters. The summed E-state index contributed by atoms with van der Waals surface area (Å²) in [7, 11) is 6.68. The molecule has 2 rings (SSSR count). The van der Waals surface area contributed by atoms with Crippen LogP contribution >= 0.6 is 0 Å². The summed E-state index contributed by atoms with van der Waals surface area (Å²) >= 11 is 0. The van der Waals surface area contributed by atoms with Crippen molar-refractivity contribution in [2.45, 2.75) is 19.3 Å². The lowest BCUT2D eigenvalue weighted by Crippen LogP contribution is -2.31. The maximum atomic E-state index is 10.1. The predicted octanol–water partition coefficient (Wildman–Crippen LogP) is 2.31. The molecule has 0 aliphatic rings. The molecule has 26 heavy (non-hydrogen) atoms. The molecule has 0 saturated heterocycles. The fourth-order valence-electron chi connectivity index (χ4n) is 2.71. The number of methoxy groups -OCH3 is 3. The van der Waals surface area contributed by atoms with Crippen molar-refractivity contribution in [2.24, 2.45) is 0 Å². The van der Waals surface area contributed by atoms with Gasteiger partial charge in [0.2, 0.25) is 5.75 Å². The van der Waals surface area contributed by atoms with Gasteiger partial charge in [0.15, 0.2) is 11.5 Å². The number of ether oxygens (including phenoxy) is 4. The number of hydrogen-bond acceptors (Lipinski definition) is 7. The zero-order valence-electron chi connectivity index (χ0n) is 15.7. The van der Waals surface area contributed by atoms with Crippen LogP contribution in [0.5, 0.6) is 17.2 Å². The molecule has 7 nitrogen and oxygen atoms in total. The summed E-state index contributed by atoms with van der Waals surface area (Å²) in [5.41, 5.74) is 0.991. The van der Waals surface area contributed by atoms with E-state index < -0.39 is 6.10 Å². The minimum absolute atomic E-state index is 0.236. The molecule has 0 aliphatic carbocycles. The number of aliphatic hydroxyl groups excluding tert-OH is 1. The minimum Gasteiger partial charge on any atom is -0.493 e. The van der Waals surface area contributed by atoms with Crippen molar-refractivity contribution in [3.05, 3.63) is 41.9 Å². The van der Waals surface area contributed by atoms with E-state index in [1.54, 1.807) is 33.7 Å². The van der Waals surface area contributed by atoms with Gasteiger partial charge >= 0.3 is 0 Å². The Morgan fingerprint density at radius 3 is 2.35 bits per heavy atom. The van der Waals surface area contributed by atoms with Gasteiger partial charge in [-0.05, 0) is 36.9 Å². The standard InChI is InChI=1S/C19H27NO6/c1-20(11-15(21)12-25-13-16-6-5-7-26-16)10-14-8-17(22-2)19(24-4)18(9-14)23-3/h5-9,15,21H,10-13H2,1-4H3. The third-order valence-electron chi connectivity index (χ3n) is 3.83. The van der Waals surface area contributed by atoms with Crippen LogP contribution < -0.4 is 14.2 Å². The van der Waals surface area contributed by atoms with Crippen molar-refractivity contribution in [1.29, 1.82) is 0 Å². The molecule has 1 N–H and O–H groups in total. The molecule has 2 aromatic rings. The lowest BCUT2D eigenvalue weighted by atomic mass is 10.1. The van der Waals surface area contributed by atoms with Crippen LogP contribution in [0.25, 0.3) is 0 Å². The molecule has 0 spiro atoms. The Morgan fingerprint density at radius 2 is 1.81 bits per heavy atom. The van der Waals surface area contributed by atoms with Crippen LogP contribution in [-0.4, -0.2) is 57.6 Å². The summed E-state index contributed by atoms with van der Waals surface area (Å²) in [5, 5.41) is 10.1. The molecule has 1 aromatic heterocycles. The molecular formula is C19H27NO6. The van der Waals surface area contributed by atoms with E-state index in [0.29, 0.717) is 36.9 Å². The minimum atomic E-state index is -0.600. The summed E-state index contributed by atoms with van der Waals surface area (Å²) in [6.45, 7) is 1.67. The Morgan fingerprint density at radius 1 is 1.12 bits per heavy atom. The van der Waals surface area contributed by atoms with Gasteiger partial charge < -0.3 is 28.5 Å². The van der Waals surface area contributed by atoms with Gasteiger partial charge in [0.25, 0.3) is 0 Å². The Kier molecular flexibility index (Phi) is 7.77. The van der Waals surface area contributed by atoms with Gasteiger partial charge in [-0.3, -0.25) is 4.90 Å². The first-order chi connectivity index (χ1) is 12.6. The highest BCUT2D eigenvalue weighted by molar-refractivity contribution is 5.53. The lowest BCUT2D eigenvalue weighted by molar-refractivity contribution is 0.00767. The Bertz CT molecular complexity index is 633.